The van der Waals surface area contributed by atoms with Gasteiger partial charge in [-0.15, -0.1) is 0 Å². The fourth-order valence-corrected chi connectivity index (χ4v) is 10.3. The van der Waals surface area contributed by atoms with Gasteiger partial charge in [-0.1, -0.05) is 168 Å². The Hall–Kier alpha value is -0.700. The first-order chi connectivity index (χ1) is 31.5. The minimum atomic E-state index is -5.78. The zero-order valence-electron chi connectivity index (χ0n) is 39.4. The summed E-state index contributed by atoms with van der Waals surface area (Å²) in [6.07, 6.45) is 10.4. The molecule has 3 unspecified atom stereocenters. The monoisotopic (exact) mass is 1050 g/mol. The third-order valence-electron chi connectivity index (χ3n) is 11.1. The smallest absolute Gasteiger partial charge is 0.462 e. The molecule has 0 heterocycles. The number of carbonyl (C=O) groups is 2. The Balaban J connectivity index is 2.91. The summed E-state index contributed by atoms with van der Waals surface area (Å²) in [6, 6.07) is 0. The molecule has 8 atom stereocenters. The molecule has 0 bridgehead atoms. The molecule has 1 aliphatic carbocycles. The van der Waals surface area contributed by atoms with Crippen LogP contribution >= 0.6 is 31.3 Å². The Kier molecular flexibility index (Phi) is 34.0. The third-order valence-corrected chi connectivity index (χ3v) is 13.7. The Labute approximate surface area is 396 Å². The second-order valence-corrected chi connectivity index (χ2v) is 22.3. The topological polar surface area (TPSA) is 349 Å². The molecule has 398 valence electrons. The molecule has 1 aliphatic rings. The fraction of sp³-hybridized carbons (Fsp3) is 0.951. The molecular formula is C41H82O22P4. The molecule has 0 aromatic carbocycles. The zero-order valence-corrected chi connectivity index (χ0v) is 43.0. The first-order valence-electron chi connectivity index (χ1n) is 24.1. The van der Waals surface area contributed by atoms with Crippen LogP contribution in [0, 0.1) is 0 Å². The molecule has 0 radical (unpaired) electrons. The number of ether oxygens (including phenoxy) is 2. The second kappa shape index (κ2) is 35.4. The Bertz CT molecular complexity index is 1480. The molecule has 0 aromatic rings. The lowest BCUT2D eigenvalue weighted by Gasteiger charge is -2.45. The normalized spacial score (nSPS) is 21.8. The summed E-state index contributed by atoms with van der Waals surface area (Å²) in [5, 5.41) is 21.8. The Morgan fingerprint density at radius 3 is 1.07 bits per heavy atom. The minimum Gasteiger partial charge on any atom is -0.462 e. The first kappa shape index (κ1) is 64.3. The zero-order chi connectivity index (χ0) is 50.4. The number of unbranched alkanes of at least 4 members (excludes halogenated alkanes) is 24. The van der Waals surface area contributed by atoms with Crippen molar-refractivity contribution >= 4 is 43.2 Å². The van der Waals surface area contributed by atoms with Gasteiger partial charge in [0, 0.05) is 12.8 Å². The Morgan fingerprint density at radius 1 is 0.418 bits per heavy atom. The largest absolute Gasteiger partial charge is 0.472 e. The van der Waals surface area contributed by atoms with Gasteiger partial charge in [0.25, 0.3) is 0 Å². The molecule has 1 saturated carbocycles. The number of aliphatic hydroxyl groups is 2. The number of carbonyl (C=O) groups excluding carboxylic acids is 2. The molecule has 0 aromatic heterocycles. The van der Waals surface area contributed by atoms with Gasteiger partial charge in [-0.2, -0.15) is 0 Å². The van der Waals surface area contributed by atoms with E-state index >= 15 is 0 Å². The molecule has 9 N–H and O–H groups in total. The van der Waals surface area contributed by atoms with Gasteiger partial charge in [0.2, 0.25) is 0 Å². The van der Waals surface area contributed by atoms with Crippen molar-refractivity contribution in [2.75, 3.05) is 13.2 Å². The van der Waals surface area contributed by atoms with Crippen molar-refractivity contribution in [2.45, 2.75) is 236 Å². The van der Waals surface area contributed by atoms with Crippen LogP contribution in [0.15, 0.2) is 0 Å². The van der Waals surface area contributed by atoms with Crippen molar-refractivity contribution in [3.05, 3.63) is 0 Å². The molecule has 1 fully saturated rings. The van der Waals surface area contributed by atoms with Crippen LogP contribution in [0.5, 0.6) is 0 Å². The van der Waals surface area contributed by atoms with Crippen LogP contribution in [-0.4, -0.2) is 112 Å². The quantitative estimate of drug-likeness (QED) is 0.0158. The molecular weight excluding hydrogens is 968 g/mol. The van der Waals surface area contributed by atoms with Crippen LogP contribution in [0.3, 0.4) is 0 Å². The van der Waals surface area contributed by atoms with Gasteiger partial charge < -0.3 is 53.9 Å². The van der Waals surface area contributed by atoms with E-state index in [1.165, 1.54) is 89.9 Å². The van der Waals surface area contributed by atoms with E-state index in [2.05, 4.69) is 27.4 Å². The van der Waals surface area contributed by atoms with Crippen molar-refractivity contribution in [3.63, 3.8) is 0 Å². The molecule has 0 aliphatic heterocycles. The summed E-state index contributed by atoms with van der Waals surface area (Å²) in [4.78, 5) is 92.7. The average Bonchev–Trinajstić information content (AvgIpc) is 3.22. The van der Waals surface area contributed by atoms with Crippen molar-refractivity contribution < 1.29 is 104 Å². The number of phosphoric acid groups is 4. The van der Waals surface area contributed by atoms with Crippen molar-refractivity contribution in [1.29, 1.82) is 0 Å². The highest BCUT2D eigenvalue weighted by atomic mass is 31.2. The highest BCUT2D eigenvalue weighted by Gasteiger charge is 2.59. The van der Waals surface area contributed by atoms with Gasteiger partial charge in [-0.05, 0) is 12.8 Å². The molecule has 1 rings (SSSR count). The van der Waals surface area contributed by atoms with Crippen molar-refractivity contribution in [1.82, 2.24) is 0 Å². The van der Waals surface area contributed by atoms with Gasteiger partial charge >= 0.3 is 43.2 Å². The Morgan fingerprint density at radius 2 is 0.731 bits per heavy atom. The number of hydrogen-bond donors (Lipinski definition) is 9. The maximum Gasteiger partial charge on any atom is 0.472 e. The van der Waals surface area contributed by atoms with Crippen LogP contribution in [0.25, 0.3) is 0 Å². The van der Waals surface area contributed by atoms with E-state index in [-0.39, 0.29) is 12.8 Å². The van der Waals surface area contributed by atoms with E-state index < -0.39 is 99.2 Å². The summed E-state index contributed by atoms with van der Waals surface area (Å²) in [6.45, 7) is 2.75. The fourth-order valence-electron chi connectivity index (χ4n) is 7.67. The lowest BCUT2D eigenvalue weighted by Crippen LogP contribution is -2.65. The maximum absolute atomic E-state index is 13.3. The molecule has 0 amide bonds. The van der Waals surface area contributed by atoms with E-state index in [0.717, 1.165) is 64.2 Å². The third kappa shape index (κ3) is 33.6. The van der Waals surface area contributed by atoms with Crippen LogP contribution in [0.4, 0.5) is 0 Å². The van der Waals surface area contributed by atoms with Crippen molar-refractivity contribution in [2.24, 2.45) is 0 Å². The highest BCUT2D eigenvalue weighted by molar-refractivity contribution is 7.47. The van der Waals surface area contributed by atoms with Gasteiger partial charge in [0.1, 0.15) is 43.2 Å². The second-order valence-electron chi connectivity index (χ2n) is 17.3. The molecule has 0 saturated heterocycles. The lowest BCUT2D eigenvalue weighted by molar-refractivity contribution is -0.209. The number of phosphoric ester groups is 4. The average molecular weight is 1050 g/mol. The SMILES string of the molecule is CCCCCCCCCCCCCCCC(=O)OC[C@H](COP(=O)(O)OC1[C@@H](O)[C@H](OP(=O)(O)O)C(OP(=O)(O)O)[C@H](OP(=O)(O)O)[C@@H]1O)OC(=O)CCCCCCCCCCCCCCC. The van der Waals surface area contributed by atoms with Gasteiger partial charge in [0.15, 0.2) is 6.10 Å². The number of rotatable bonds is 42. The predicted octanol–water partition coefficient (Wildman–Crippen LogP) is 8.08. The molecule has 26 heteroatoms. The van der Waals surface area contributed by atoms with E-state index in [1.807, 2.05) is 0 Å². The number of esters is 2. The summed E-state index contributed by atoms with van der Waals surface area (Å²) >= 11 is 0. The summed E-state index contributed by atoms with van der Waals surface area (Å²) in [5.74, 6) is -1.39. The van der Waals surface area contributed by atoms with E-state index in [1.54, 1.807) is 0 Å². The van der Waals surface area contributed by atoms with Gasteiger partial charge in [0.05, 0.1) is 6.61 Å². The lowest BCUT2D eigenvalue weighted by atomic mass is 9.85. The minimum absolute atomic E-state index is 0.0414. The number of aliphatic hydroxyl groups excluding tert-OH is 2. The van der Waals surface area contributed by atoms with Crippen molar-refractivity contribution in [3.8, 4) is 0 Å². The van der Waals surface area contributed by atoms with E-state index in [4.69, 9.17) is 18.5 Å². The van der Waals surface area contributed by atoms with Crippen LogP contribution in [0.2, 0.25) is 0 Å². The maximum atomic E-state index is 13.3. The predicted molar refractivity (Wildman–Crippen MR) is 245 cm³/mol. The summed E-state index contributed by atoms with van der Waals surface area (Å²) in [5.41, 5.74) is 0. The van der Waals surface area contributed by atoms with Crippen LogP contribution in [0.1, 0.15) is 194 Å². The summed E-state index contributed by atoms with van der Waals surface area (Å²) < 4.78 is 82.1. The van der Waals surface area contributed by atoms with E-state index in [0.29, 0.717) is 12.8 Å². The molecule has 0 spiro atoms. The van der Waals surface area contributed by atoms with Gasteiger partial charge in [-0.3, -0.25) is 32.2 Å². The highest BCUT2D eigenvalue weighted by Crippen LogP contribution is 2.53. The van der Waals surface area contributed by atoms with E-state index in [9.17, 15) is 72.3 Å². The summed E-state index contributed by atoms with van der Waals surface area (Å²) in [7, 11) is -23.0. The standard InChI is InChI=1S/C41H82O22P4/c1-3-5-7-9-11-13-15-17-19-21-23-25-27-29-34(42)57-31-33(59-35(43)30-28-26-24-22-20-18-16-14-12-10-8-6-4-2)32-58-67(55,56)63-38-36(44)39(60-64(46,47)48)41(62-66(52,53)54)40(37(38)45)61-65(49,50)51/h33,36-41,44-45H,3-32H2,1-2H3,(H,55,56)(H2,46,47,48)(H2,49,50,51)(H2,52,53,54)/t33-,36-,37-,38?,39-,40+,41?/m1/s1. The van der Waals surface area contributed by atoms with Crippen LogP contribution in [-0.2, 0) is 59.9 Å². The number of hydrogen-bond acceptors (Lipinski definition) is 15. The van der Waals surface area contributed by atoms with Gasteiger partial charge in [-0.25, -0.2) is 18.3 Å². The first-order valence-corrected chi connectivity index (χ1v) is 30.2. The van der Waals surface area contributed by atoms with Crippen LogP contribution < -0.4 is 0 Å². The molecule has 67 heavy (non-hydrogen) atoms. The molecule has 22 nitrogen and oxygen atoms in total.